The molecule has 0 aromatic heterocycles. The zero-order valence-corrected chi connectivity index (χ0v) is 17.9. The van der Waals surface area contributed by atoms with E-state index >= 15 is 0 Å². The van der Waals surface area contributed by atoms with Gasteiger partial charge in [-0.1, -0.05) is 0 Å². The van der Waals surface area contributed by atoms with Gasteiger partial charge in [0.05, 0.1) is 16.2 Å². The van der Waals surface area contributed by atoms with E-state index in [1.807, 2.05) is 0 Å². The molecule has 0 aromatic rings. The zero-order valence-electron chi connectivity index (χ0n) is 17.0. The fourth-order valence-corrected chi connectivity index (χ4v) is 2.33. The van der Waals surface area contributed by atoms with Gasteiger partial charge in [0.25, 0.3) is 0 Å². The average Bonchev–Trinajstić information content (AvgIpc) is 2.42. The molecule has 0 heterocycles. The van der Waals surface area contributed by atoms with E-state index in [4.69, 9.17) is 14.2 Å². The van der Waals surface area contributed by atoms with Gasteiger partial charge in [0.1, 0.15) is 19.0 Å². The van der Waals surface area contributed by atoms with E-state index in [1.165, 1.54) is 0 Å². The van der Waals surface area contributed by atoms with Gasteiger partial charge in [-0.2, -0.15) is 0 Å². The molecule has 0 aliphatic rings. The van der Waals surface area contributed by atoms with Crippen molar-refractivity contribution in [3.8, 4) is 0 Å². The normalized spacial score (nSPS) is 12.7. The molecule has 146 valence electrons. The molecule has 0 saturated carbocycles. The Kier molecular flexibility index (Phi) is 8.56. The summed E-state index contributed by atoms with van der Waals surface area (Å²) >= 11 is 0. The van der Waals surface area contributed by atoms with Crippen LogP contribution >= 0.6 is 7.92 Å². The SMILES string of the molecule is CC(C)(C)C(=O)OCP(COC(=O)C(C)(C)C)COC(=O)C(C)(C)C. The quantitative estimate of drug-likeness (QED) is 0.394. The highest BCUT2D eigenvalue weighted by Gasteiger charge is 2.29. The molecular weight excluding hydrogens is 343 g/mol. The molecule has 0 atom stereocenters. The Balaban J connectivity index is 4.79. The van der Waals surface area contributed by atoms with Crippen molar-refractivity contribution in [2.75, 3.05) is 19.0 Å². The number of hydrogen-bond donors (Lipinski definition) is 0. The lowest BCUT2D eigenvalue weighted by atomic mass is 9.98. The van der Waals surface area contributed by atoms with Crippen LogP contribution in [-0.4, -0.2) is 37.0 Å². The van der Waals surface area contributed by atoms with Crippen molar-refractivity contribution in [1.29, 1.82) is 0 Å². The molecule has 6 nitrogen and oxygen atoms in total. The molecule has 0 rings (SSSR count). The molecule has 0 amide bonds. The van der Waals surface area contributed by atoms with Crippen LogP contribution in [-0.2, 0) is 28.6 Å². The van der Waals surface area contributed by atoms with Gasteiger partial charge in [-0.3, -0.25) is 14.4 Å². The van der Waals surface area contributed by atoms with Crippen molar-refractivity contribution >= 4 is 25.8 Å². The number of hydrogen-bond acceptors (Lipinski definition) is 6. The molecule has 0 unspecified atom stereocenters. The summed E-state index contributed by atoms with van der Waals surface area (Å²) in [6.07, 6.45) is 0.251. The molecule has 0 N–H and O–H groups in total. The number of rotatable bonds is 6. The lowest BCUT2D eigenvalue weighted by Crippen LogP contribution is -2.27. The summed E-state index contributed by atoms with van der Waals surface area (Å²) < 4.78 is 15.9. The van der Waals surface area contributed by atoms with E-state index in [1.54, 1.807) is 62.3 Å². The van der Waals surface area contributed by atoms with Crippen LogP contribution < -0.4 is 0 Å². The Morgan fingerprint density at radius 1 is 0.560 bits per heavy atom. The van der Waals surface area contributed by atoms with E-state index in [-0.39, 0.29) is 37.0 Å². The van der Waals surface area contributed by atoms with Crippen molar-refractivity contribution in [3.05, 3.63) is 0 Å². The number of carbonyl (C=O) groups is 3. The first-order valence-corrected chi connectivity index (χ1v) is 10.2. The van der Waals surface area contributed by atoms with Gasteiger partial charge >= 0.3 is 17.9 Å². The van der Waals surface area contributed by atoms with Crippen LogP contribution in [0.15, 0.2) is 0 Å². The van der Waals surface area contributed by atoms with Crippen LogP contribution in [0, 0.1) is 16.2 Å². The lowest BCUT2D eigenvalue weighted by molar-refractivity contribution is -0.151. The Morgan fingerprint density at radius 3 is 0.920 bits per heavy atom. The molecule has 7 heteroatoms. The average molecular weight is 376 g/mol. The molecular formula is C18H33O6P. The predicted octanol–water partition coefficient (Wildman–Crippen LogP) is 4.11. The van der Waals surface area contributed by atoms with Crippen molar-refractivity contribution in [3.63, 3.8) is 0 Å². The van der Waals surface area contributed by atoms with Crippen LogP contribution in [0.4, 0.5) is 0 Å². The maximum absolute atomic E-state index is 11.9. The maximum atomic E-state index is 11.9. The van der Waals surface area contributed by atoms with E-state index in [9.17, 15) is 14.4 Å². The van der Waals surface area contributed by atoms with Gasteiger partial charge in [-0.15, -0.1) is 0 Å². The Morgan fingerprint density at radius 2 is 0.760 bits per heavy atom. The first-order valence-electron chi connectivity index (χ1n) is 8.29. The van der Waals surface area contributed by atoms with E-state index in [0.717, 1.165) is 0 Å². The van der Waals surface area contributed by atoms with Gasteiger partial charge in [-0.05, 0) is 62.3 Å². The molecule has 0 aliphatic carbocycles. The monoisotopic (exact) mass is 376 g/mol. The van der Waals surface area contributed by atoms with Crippen LogP contribution in [0.5, 0.6) is 0 Å². The molecule has 0 fully saturated rings. The summed E-state index contributed by atoms with van der Waals surface area (Å²) in [4.78, 5) is 35.8. The van der Waals surface area contributed by atoms with E-state index in [2.05, 4.69) is 0 Å². The summed E-state index contributed by atoms with van der Waals surface area (Å²) in [6, 6.07) is 0. The van der Waals surface area contributed by atoms with Gasteiger partial charge in [0.2, 0.25) is 0 Å². The van der Waals surface area contributed by atoms with Gasteiger partial charge in [0, 0.05) is 7.92 Å². The van der Waals surface area contributed by atoms with Gasteiger partial charge in [-0.25, -0.2) is 0 Å². The highest BCUT2D eigenvalue weighted by molar-refractivity contribution is 7.57. The Hall–Kier alpha value is -1.16. The molecule has 0 aliphatic heterocycles. The standard InChI is InChI=1S/C18H33O6P/c1-16(2,3)13(19)22-10-25(11-23-14(20)17(4,5)6)12-24-15(21)18(7,8)9/h10-12H2,1-9H3. The molecule has 0 radical (unpaired) electrons. The smallest absolute Gasteiger partial charge is 0.311 e. The van der Waals surface area contributed by atoms with E-state index < -0.39 is 24.2 Å². The number of ether oxygens (including phenoxy) is 3. The Labute approximate surface area is 152 Å². The second-order valence-corrected chi connectivity index (χ2v) is 11.2. The first-order chi connectivity index (χ1) is 11.0. The summed E-state index contributed by atoms with van der Waals surface area (Å²) in [7, 11) is -1.13. The maximum Gasteiger partial charge on any atom is 0.311 e. The Bertz CT molecular complexity index is 408. The molecule has 0 aromatic carbocycles. The summed E-state index contributed by atoms with van der Waals surface area (Å²) in [6.45, 7) is 15.8. The topological polar surface area (TPSA) is 78.9 Å². The highest BCUT2D eigenvalue weighted by Crippen LogP contribution is 2.37. The third kappa shape index (κ3) is 9.78. The minimum absolute atomic E-state index is 0.0836. The minimum Gasteiger partial charge on any atom is -0.460 e. The van der Waals surface area contributed by atoms with Crippen LogP contribution in [0.1, 0.15) is 62.3 Å². The first kappa shape index (κ1) is 23.8. The van der Waals surface area contributed by atoms with Crippen LogP contribution in [0.2, 0.25) is 0 Å². The van der Waals surface area contributed by atoms with Crippen LogP contribution in [0.25, 0.3) is 0 Å². The summed E-state index contributed by atoms with van der Waals surface area (Å²) in [5.41, 5.74) is -1.86. The van der Waals surface area contributed by atoms with Crippen molar-refractivity contribution in [1.82, 2.24) is 0 Å². The third-order valence-electron chi connectivity index (χ3n) is 2.97. The van der Waals surface area contributed by atoms with Crippen LogP contribution in [0.3, 0.4) is 0 Å². The second-order valence-electron chi connectivity index (χ2n) is 9.10. The lowest BCUT2D eigenvalue weighted by Gasteiger charge is -2.24. The molecule has 0 bridgehead atoms. The number of carbonyl (C=O) groups excluding carboxylic acids is 3. The molecule has 0 spiro atoms. The fourth-order valence-electron chi connectivity index (χ4n) is 1.21. The summed E-state index contributed by atoms with van der Waals surface area (Å²) in [5, 5.41) is 0. The molecule has 25 heavy (non-hydrogen) atoms. The molecule has 0 saturated heterocycles. The summed E-state index contributed by atoms with van der Waals surface area (Å²) in [5.74, 6) is -1.03. The number of esters is 3. The van der Waals surface area contributed by atoms with Crippen molar-refractivity contribution in [2.24, 2.45) is 16.2 Å². The second kappa shape index (κ2) is 8.98. The minimum atomic E-state index is -1.13. The van der Waals surface area contributed by atoms with Gasteiger partial charge < -0.3 is 14.2 Å². The largest absolute Gasteiger partial charge is 0.460 e. The van der Waals surface area contributed by atoms with E-state index in [0.29, 0.717) is 0 Å². The van der Waals surface area contributed by atoms with Crippen molar-refractivity contribution < 1.29 is 28.6 Å². The fraction of sp³-hybridized carbons (Fsp3) is 0.833. The highest BCUT2D eigenvalue weighted by atomic mass is 31.1. The van der Waals surface area contributed by atoms with Crippen molar-refractivity contribution in [2.45, 2.75) is 62.3 Å². The van der Waals surface area contributed by atoms with Gasteiger partial charge in [0.15, 0.2) is 0 Å². The zero-order chi connectivity index (χ0) is 20.1. The predicted molar refractivity (Wildman–Crippen MR) is 98.2 cm³/mol. The third-order valence-corrected chi connectivity index (χ3v) is 4.45.